The number of carbonyl (C=O) groups excluding carboxylic acids is 1. The number of rotatable bonds is 11. The van der Waals surface area contributed by atoms with Gasteiger partial charge in [0.15, 0.2) is 14.1 Å². The first-order valence-electron chi connectivity index (χ1n) is 17.2. The van der Waals surface area contributed by atoms with Crippen LogP contribution in [0.2, 0.25) is 23.2 Å². The second-order valence-electron chi connectivity index (χ2n) is 15.8. The van der Waals surface area contributed by atoms with E-state index < -0.39 is 26.6 Å². The number of fused-ring (bicyclic) bond motifs is 1. The van der Waals surface area contributed by atoms with E-state index in [1.54, 1.807) is 12.4 Å². The van der Waals surface area contributed by atoms with Gasteiger partial charge in [0.05, 0.1) is 46.9 Å². The van der Waals surface area contributed by atoms with Gasteiger partial charge < -0.3 is 29.1 Å². The zero-order valence-corrected chi connectivity index (χ0v) is 33.3. The highest BCUT2D eigenvalue weighted by Crippen LogP contribution is 2.42. The van der Waals surface area contributed by atoms with Crippen LogP contribution in [0, 0.1) is 26.2 Å². The van der Waals surface area contributed by atoms with E-state index >= 15 is 0 Å². The van der Waals surface area contributed by atoms with Crippen molar-refractivity contribution in [2.45, 2.75) is 112 Å². The molecule has 0 saturated carbocycles. The molecule has 2 atom stereocenters. The Morgan fingerprint density at radius 1 is 1.10 bits per heavy atom. The first-order chi connectivity index (χ1) is 23.8. The number of halogens is 1. The van der Waals surface area contributed by atoms with Crippen molar-refractivity contribution in [1.82, 2.24) is 25.1 Å². The molecule has 14 heteroatoms. The number of benzene rings is 1. The van der Waals surface area contributed by atoms with Gasteiger partial charge in [-0.05, 0) is 57.1 Å². The molecule has 0 radical (unpaired) electrons. The van der Waals surface area contributed by atoms with Crippen LogP contribution in [-0.2, 0) is 22.3 Å². The number of ether oxygens (including phenoxy) is 2. The van der Waals surface area contributed by atoms with Crippen LogP contribution in [-0.4, -0.2) is 58.3 Å². The second-order valence-corrected chi connectivity index (χ2v) is 21.0. The monoisotopic (exact) mass is 735 g/mol. The molecule has 3 aromatic heterocycles. The van der Waals surface area contributed by atoms with Gasteiger partial charge in [-0.3, -0.25) is 0 Å². The minimum absolute atomic E-state index is 0.0611. The first-order valence-corrected chi connectivity index (χ1v) is 20.5. The summed E-state index contributed by atoms with van der Waals surface area (Å²) in [5.41, 5.74) is 10.7. The Hall–Kier alpha value is -4.07. The van der Waals surface area contributed by atoms with Crippen LogP contribution in [0.15, 0.2) is 35.2 Å². The van der Waals surface area contributed by atoms with Crippen LogP contribution >= 0.6 is 11.6 Å². The summed E-state index contributed by atoms with van der Waals surface area (Å²) in [6.07, 6.45) is 2.16. The Balaban J connectivity index is 1.58. The lowest BCUT2D eigenvalue weighted by molar-refractivity contribution is -0.0302. The summed E-state index contributed by atoms with van der Waals surface area (Å²) in [4.78, 5) is 32.6. The summed E-state index contributed by atoms with van der Waals surface area (Å²) >= 11 is 6.94. The third-order valence-electron chi connectivity index (χ3n) is 9.80. The summed E-state index contributed by atoms with van der Waals surface area (Å²) in [7, 11) is -2.29. The van der Waals surface area contributed by atoms with Gasteiger partial charge in [-0.15, -0.1) is 0 Å². The first kappa shape index (κ1) is 38.2. The predicted octanol–water partition coefficient (Wildman–Crippen LogP) is 8.36. The highest BCUT2D eigenvalue weighted by molar-refractivity contribution is 6.74. The lowest BCUT2D eigenvalue weighted by atomic mass is 9.84. The van der Waals surface area contributed by atoms with E-state index in [0.29, 0.717) is 53.1 Å². The molecule has 274 valence electrons. The van der Waals surface area contributed by atoms with E-state index in [-0.39, 0.29) is 17.1 Å². The van der Waals surface area contributed by atoms with Crippen molar-refractivity contribution < 1.29 is 23.2 Å². The van der Waals surface area contributed by atoms with Crippen molar-refractivity contribution >= 4 is 31.8 Å². The fourth-order valence-electron chi connectivity index (χ4n) is 6.06. The molecule has 0 bridgehead atoms. The summed E-state index contributed by atoms with van der Waals surface area (Å²) in [5.74, 6) is 2.41. The highest BCUT2D eigenvalue weighted by atomic mass is 35.5. The molecule has 1 aliphatic heterocycles. The Morgan fingerprint density at radius 2 is 1.82 bits per heavy atom. The van der Waals surface area contributed by atoms with Crippen LogP contribution in [0.3, 0.4) is 0 Å². The maximum atomic E-state index is 11.5. The molecular weight excluding hydrogens is 686 g/mol. The lowest BCUT2D eigenvalue weighted by Gasteiger charge is -2.44. The molecule has 0 saturated heterocycles. The average molecular weight is 736 g/mol. The van der Waals surface area contributed by atoms with E-state index in [9.17, 15) is 4.79 Å². The molecule has 1 unspecified atom stereocenters. The van der Waals surface area contributed by atoms with E-state index in [4.69, 9.17) is 45.7 Å². The highest BCUT2D eigenvalue weighted by Gasteiger charge is 2.44. The molecular formula is C37H50ClN7O5Si. The molecule has 4 aromatic rings. The zero-order valence-electron chi connectivity index (χ0n) is 31.5. The molecule has 2 N–H and O–H groups in total. The number of primary amides is 1. The standard InChI is InChI=1S/C37H50ClN7O5Si/c1-21-31(30-22(2)44-49-23(30)3)42-33(43-34(21)45-18-24-17-40-20-41-28(24)19-45)26-16-25(12-13-27(26)38)48-32(36(4,5)6)29(14-15-47-35(39)46)50-51(10,11)37(7,8)9/h12-13,16-17,20,29,32H,14-15,18-19H2,1-11H3,(H2,39,46)/t29-,32?/m1/s1. The van der Waals surface area contributed by atoms with E-state index in [1.165, 1.54) is 0 Å². The van der Waals surface area contributed by atoms with Crippen LogP contribution in [0.4, 0.5) is 10.6 Å². The van der Waals surface area contributed by atoms with Crippen molar-refractivity contribution in [3.63, 3.8) is 0 Å². The third kappa shape index (κ3) is 8.37. The van der Waals surface area contributed by atoms with Gasteiger partial charge in [0.2, 0.25) is 0 Å². The number of anilines is 1. The topological polar surface area (TPSA) is 152 Å². The number of nitrogens with zero attached hydrogens (tertiary/aromatic N) is 6. The number of carbonyl (C=O) groups is 1. The molecule has 51 heavy (non-hydrogen) atoms. The summed E-state index contributed by atoms with van der Waals surface area (Å²) in [6.45, 7) is 24.4. The number of aryl methyl sites for hydroxylation is 2. The molecule has 12 nitrogen and oxygen atoms in total. The molecule has 1 amide bonds. The van der Waals surface area contributed by atoms with Gasteiger partial charge in [0, 0.05) is 41.3 Å². The second kappa shape index (κ2) is 14.5. The Labute approximate surface area is 306 Å². The number of nitrogens with two attached hydrogens (primary N) is 1. The smallest absolute Gasteiger partial charge is 0.404 e. The lowest BCUT2D eigenvalue weighted by Crippen LogP contribution is -2.52. The van der Waals surface area contributed by atoms with E-state index in [2.05, 4.69) is 74.7 Å². The summed E-state index contributed by atoms with van der Waals surface area (Å²) in [6, 6.07) is 5.51. The maximum absolute atomic E-state index is 11.5. The summed E-state index contributed by atoms with van der Waals surface area (Å²) < 4.78 is 24.6. The van der Waals surface area contributed by atoms with Crippen molar-refractivity contribution in [1.29, 1.82) is 0 Å². The number of hydrogen-bond acceptors (Lipinski definition) is 11. The fourth-order valence-corrected chi connectivity index (χ4v) is 7.61. The van der Waals surface area contributed by atoms with Gasteiger partial charge in [0.1, 0.15) is 29.8 Å². The predicted molar refractivity (Wildman–Crippen MR) is 200 cm³/mol. The van der Waals surface area contributed by atoms with Crippen LogP contribution in [0.5, 0.6) is 5.75 Å². The van der Waals surface area contributed by atoms with Gasteiger partial charge in [0.25, 0.3) is 0 Å². The summed E-state index contributed by atoms with van der Waals surface area (Å²) in [5, 5.41) is 4.62. The normalized spacial score (nSPS) is 14.7. The number of aromatic nitrogens is 5. The SMILES string of the molecule is Cc1noc(C)c1-c1nc(-c2cc(OC([C@@H](CCOC(N)=O)O[Si](C)(C)C(C)(C)C)C(C)(C)C)ccc2Cl)nc(N2Cc3cncnc3C2)c1C. The van der Waals surface area contributed by atoms with Crippen molar-refractivity contribution in [2.75, 3.05) is 11.5 Å². The average Bonchev–Trinajstić information content (AvgIpc) is 3.61. The van der Waals surface area contributed by atoms with Crippen molar-refractivity contribution in [2.24, 2.45) is 11.1 Å². The van der Waals surface area contributed by atoms with Gasteiger partial charge in [-0.2, -0.15) is 0 Å². The zero-order chi connectivity index (χ0) is 37.5. The minimum Gasteiger partial charge on any atom is -0.487 e. The molecule has 0 aliphatic carbocycles. The van der Waals surface area contributed by atoms with Crippen LogP contribution in [0.25, 0.3) is 22.6 Å². The third-order valence-corrected chi connectivity index (χ3v) is 14.6. The van der Waals surface area contributed by atoms with Crippen molar-refractivity contribution in [3.05, 3.63) is 64.0 Å². The molecule has 0 spiro atoms. The van der Waals surface area contributed by atoms with Gasteiger partial charge >= 0.3 is 6.09 Å². The van der Waals surface area contributed by atoms with Crippen LogP contribution in [0.1, 0.15) is 76.2 Å². The Bertz CT molecular complexity index is 1860. The molecule has 1 aliphatic rings. The molecule has 0 fully saturated rings. The Kier molecular flexibility index (Phi) is 10.9. The van der Waals surface area contributed by atoms with Crippen molar-refractivity contribution in [3.8, 4) is 28.4 Å². The Morgan fingerprint density at radius 3 is 2.43 bits per heavy atom. The fraction of sp³-hybridized carbons (Fsp3) is 0.514. The van der Waals surface area contributed by atoms with E-state index in [1.807, 2.05) is 39.1 Å². The largest absolute Gasteiger partial charge is 0.487 e. The number of hydrogen-bond donors (Lipinski definition) is 1. The number of amides is 1. The quantitative estimate of drug-likeness (QED) is 0.148. The molecule has 4 heterocycles. The molecule has 1 aromatic carbocycles. The maximum Gasteiger partial charge on any atom is 0.404 e. The van der Waals surface area contributed by atoms with E-state index in [0.717, 1.165) is 33.9 Å². The minimum atomic E-state index is -2.29. The van der Waals surface area contributed by atoms with Crippen LogP contribution < -0.4 is 15.4 Å². The molecule has 5 rings (SSSR count). The van der Waals surface area contributed by atoms with Gasteiger partial charge in [-0.1, -0.05) is 58.3 Å². The van der Waals surface area contributed by atoms with Gasteiger partial charge in [-0.25, -0.2) is 24.7 Å².